The summed E-state index contributed by atoms with van der Waals surface area (Å²) in [7, 11) is 0. The number of H-pyrrole nitrogens is 1. The van der Waals surface area contributed by atoms with Gasteiger partial charge in [-0.25, -0.2) is 4.98 Å². The molecule has 3 nitrogen and oxygen atoms in total. The number of aromatic amines is 1. The van der Waals surface area contributed by atoms with Crippen molar-refractivity contribution in [3.8, 4) is 17.3 Å². The molecule has 15 heavy (non-hydrogen) atoms. The van der Waals surface area contributed by atoms with E-state index in [2.05, 4.69) is 32.0 Å². The quantitative estimate of drug-likeness (QED) is 0.858. The maximum Gasteiger partial charge on any atom is 0.166 e. The molecule has 4 heteroatoms. The molecule has 2 rings (SSSR count). The molecule has 2 aromatic rings. The van der Waals surface area contributed by atoms with E-state index in [-0.39, 0.29) is 0 Å². The van der Waals surface area contributed by atoms with Crippen LogP contribution in [-0.4, -0.2) is 9.97 Å². The summed E-state index contributed by atoms with van der Waals surface area (Å²) in [5, 5.41) is 8.91. The summed E-state index contributed by atoms with van der Waals surface area (Å²) in [5.74, 6) is 0.754. The van der Waals surface area contributed by atoms with Crippen LogP contribution in [0, 0.1) is 18.3 Å². The van der Waals surface area contributed by atoms with Crippen LogP contribution in [0.5, 0.6) is 0 Å². The third-order valence-corrected chi connectivity index (χ3v) is 2.59. The molecule has 0 fully saturated rings. The van der Waals surface area contributed by atoms with Gasteiger partial charge in [-0.3, -0.25) is 0 Å². The summed E-state index contributed by atoms with van der Waals surface area (Å²) in [4.78, 5) is 7.18. The van der Waals surface area contributed by atoms with Gasteiger partial charge < -0.3 is 4.98 Å². The van der Waals surface area contributed by atoms with E-state index >= 15 is 0 Å². The SMILES string of the molecule is Cc1nc(C#N)c(-c2ccc(Br)cc2)[nH]1. The summed E-state index contributed by atoms with van der Waals surface area (Å²) >= 11 is 3.37. The van der Waals surface area contributed by atoms with E-state index in [0.29, 0.717) is 5.69 Å². The Labute approximate surface area is 95.9 Å². The smallest absolute Gasteiger partial charge is 0.166 e. The fourth-order valence-corrected chi connectivity index (χ4v) is 1.66. The second kappa shape index (κ2) is 3.87. The Kier molecular flexibility index (Phi) is 2.57. The molecule has 1 N–H and O–H groups in total. The van der Waals surface area contributed by atoms with Crippen molar-refractivity contribution in [1.82, 2.24) is 9.97 Å². The van der Waals surface area contributed by atoms with Crippen molar-refractivity contribution in [2.75, 3.05) is 0 Å². The molecule has 1 aromatic carbocycles. The Morgan fingerprint density at radius 1 is 1.33 bits per heavy atom. The first kappa shape index (κ1) is 9.94. The molecule has 0 atom stereocenters. The zero-order chi connectivity index (χ0) is 10.8. The average Bonchev–Trinajstić information content (AvgIpc) is 2.61. The van der Waals surface area contributed by atoms with Gasteiger partial charge in [0.1, 0.15) is 11.9 Å². The van der Waals surface area contributed by atoms with Crippen molar-refractivity contribution in [2.45, 2.75) is 6.92 Å². The molecular weight excluding hydrogens is 254 g/mol. The maximum atomic E-state index is 8.91. The third kappa shape index (κ3) is 1.92. The largest absolute Gasteiger partial charge is 0.341 e. The number of hydrogen-bond donors (Lipinski definition) is 1. The summed E-state index contributed by atoms with van der Waals surface area (Å²) in [6.45, 7) is 1.84. The van der Waals surface area contributed by atoms with E-state index in [1.807, 2.05) is 31.2 Å². The first-order chi connectivity index (χ1) is 7.20. The Morgan fingerprint density at radius 2 is 2.00 bits per heavy atom. The summed E-state index contributed by atoms with van der Waals surface area (Å²) < 4.78 is 1.01. The Bertz CT molecular complexity index is 520. The molecule has 0 radical (unpaired) electrons. The summed E-state index contributed by atoms with van der Waals surface area (Å²) in [5.41, 5.74) is 2.19. The van der Waals surface area contributed by atoms with E-state index in [1.165, 1.54) is 0 Å². The molecule has 0 unspecified atom stereocenters. The number of nitriles is 1. The van der Waals surface area contributed by atoms with Gasteiger partial charge in [-0.05, 0) is 19.1 Å². The molecule has 0 aliphatic rings. The number of imidazole rings is 1. The second-order valence-electron chi connectivity index (χ2n) is 3.16. The van der Waals surface area contributed by atoms with Gasteiger partial charge >= 0.3 is 0 Å². The average molecular weight is 262 g/mol. The lowest BCUT2D eigenvalue weighted by Crippen LogP contribution is -1.81. The summed E-state index contributed by atoms with van der Waals surface area (Å²) in [6, 6.07) is 9.83. The van der Waals surface area contributed by atoms with Crippen LogP contribution in [0.1, 0.15) is 11.5 Å². The van der Waals surface area contributed by atoms with E-state index in [0.717, 1.165) is 21.6 Å². The molecule has 0 aliphatic heterocycles. The minimum atomic E-state index is 0.440. The van der Waals surface area contributed by atoms with Gasteiger partial charge in [0.15, 0.2) is 5.69 Å². The van der Waals surface area contributed by atoms with Crippen molar-refractivity contribution in [3.63, 3.8) is 0 Å². The van der Waals surface area contributed by atoms with Crippen LogP contribution < -0.4 is 0 Å². The van der Waals surface area contributed by atoms with Gasteiger partial charge in [0, 0.05) is 10.0 Å². The fourth-order valence-electron chi connectivity index (χ4n) is 1.40. The molecule has 0 saturated carbocycles. The molecule has 0 spiro atoms. The number of halogens is 1. The van der Waals surface area contributed by atoms with E-state index < -0.39 is 0 Å². The van der Waals surface area contributed by atoms with Gasteiger partial charge in [-0.15, -0.1) is 0 Å². The van der Waals surface area contributed by atoms with Gasteiger partial charge in [-0.2, -0.15) is 5.26 Å². The number of hydrogen-bond acceptors (Lipinski definition) is 2. The summed E-state index contributed by atoms with van der Waals surface area (Å²) in [6.07, 6.45) is 0. The van der Waals surface area contributed by atoms with Crippen molar-refractivity contribution in [3.05, 3.63) is 40.3 Å². The van der Waals surface area contributed by atoms with E-state index in [1.54, 1.807) is 0 Å². The minimum Gasteiger partial charge on any atom is -0.341 e. The van der Waals surface area contributed by atoms with Crippen LogP contribution in [0.25, 0.3) is 11.3 Å². The van der Waals surface area contributed by atoms with Gasteiger partial charge in [-0.1, -0.05) is 28.1 Å². The number of nitrogens with one attached hydrogen (secondary N) is 1. The number of rotatable bonds is 1. The highest BCUT2D eigenvalue weighted by atomic mass is 79.9. The molecule has 0 aliphatic carbocycles. The normalized spacial score (nSPS) is 9.93. The van der Waals surface area contributed by atoms with Crippen molar-refractivity contribution >= 4 is 15.9 Å². The highest BCUT2D eigenvalue weighted by molar-refractivity contribution is 9.10. The zero-order valence-corrected chi connectivity index (χ0v) is 9.67. The first-order valence-corrected chi connectivity index (χ1v) is 5.22. The van der Waals surface area contributed by atoms with Crippen molar-refractivity contribution < 1.29 is 0 Å². The maximum absolute atomic E-state index is 8.91. The lowest BCUT2D eigenvalue weighted by Gasteiger charge is -1.97. The van der Waals surface area contributed by atoms with Gasteiger partial charge in [0.25, 0.3) is 0 Å². The van der Waals surface area contributed by atoms with Crippen LogP contribution in [-0.2, 0) is 0 Å². The van der Waals surface area contributed by atoms with Crippen molar-refractivity contribution in [2.24, 2.45) is 0 Å². The molecule has 0 bridgehead atoms. The molecule has 1 aromatic heterocycles. The first-order valence-electron chi connectivity index (χ1n) is 4.43. The van der Waals surface area contributed by atoms with E-state index in [9.17, 15) is 0 Å². The van der Waals surface area contributed by atoms with Crippen molar-refractivity contribution in [1.29, 1.82) is 5.26 Å². The van der Waals surface area contributed by atoms with Crippen LogP contribution >= 0.6 is 15.9 Å². The van der Waals surface area contributed by atoms with E-state index in [4.69, 9.17) is 5.26 Å². The second-order valence-corrected chi connectivity index (χ2v) is 4.08. The number of benzene rings is 1. The monoisotopic (exact) mass is 261 g/mol. The molecule has 1 heterocycles. The predicted octanol–water partition coefficient (Wildman–Crippen LogP) is 3.02. The van der Waals surface area contributed by atoms with Crippen LogP contribution in [0.3, 0.4) is 0 Å². The van der Waals surface area contributed by atoms with Crippen LogP contribution in [0.15, 0.2) is 28.7 Å². The van der Waals surface area contributed by atoms with Gasteiger partial charge in [0.2, 0.25) is 0 Å². The third-order valence-electron chi connectivity index (χ3n) is 2.06. The Hall–Kier alpha value is -1.60. The number of aromatic nitrogens is 2. The van der Waals surface area contributed by atoms with Crippen LogP contribution in [0.2, 0.25) is 0 Å². The topological polar surface area (TPSA) is 52.5 Å². The Morgan fingerprint density at radius 3 is 2.60 bits per heavy atom. The Balaban J connectivity index is 2.54. The number of aryl methyl sites for hydroxylation is 1. The highest BCUT2D eigenvalue weighted by Gasteiger charge is 2.09. The fraction of sp³-hybridized carbons (Fsp3) is 0.0909. The molecular formula is C11H8BrN3. The minimum absolute atomic E-state index is 0.440. The van der Waals surface area contributed by atoms with Crippen LogP contribution in [0.4, 0.5) is 0 Å². The van der Waals surface area contributed by atoms with Gasteiger partial charge in [0.05, 0.1) is 5.69 Å². The number of nitrogens with zero attached hydrogens (tertiary/aromatic N) is 2. The molecule has 74 valence electrons. The predicted molar refractivity (Wildman–Crippen MR) is 61.2 cm³/mol. The highest BCUT2D eigenvalue weighted by Crippen LogP contribution is 2.22. The zero-order valence-electron chi connectivity index (χ0n) is 8.08. The molecule has 0 amide bonds. The lowest BCUT2D eigenvalue weighted by molar-refractivity contribution is 1.14. The molecule has 0 saturated heterocycles. The lowest BCUT2D eigenvalue weighted by atomic mass is 10.1. The standard InChI is InChI=1S/C11H8BrN3/c1-7-14-10(6-13)11(15-7)8-2-4-9(12)5-3-8/h2-5H,1H3,(H,14,15).